The molecule has 0 radical (unpaired) electrons. The molecule has 0 amide bonds. The van der Waals surface area contributed by atoms with Crippen molar-refractivity contribution in [2.24, 2.45) is 0 Å². The molecule has 0 saturated heterocycles. The molecule has 2 heterocycles. The van der Waals surface area contributed by atoms with Gasteiger partial charge in [-0.15, -0.1) is 0 Å². The Morgan fingerprint density at radius 2 is 0.500 bits per heavy atom. The molecule has 336 valence electrons. The van der Waals surface area contributed by atoms with Gasteiger partial charge in [0.15, 0.2) is 17.5 Å². The Morgan fingerprint density at radius 3 is 0.986 bits per heavy atom. The molecule has 4 heteroatoms. The SMILES string of the molecule is c1ccc(-c2nc(-c3ccc(-c4ccc5c6ccccc6c6ccccc6c5c4)cc3)nc(-c3cccc(-c4c(-c5ccccc5)c(-c5ccccc5)nc(-c5ccccc5)c4-c4ccccc4)c3)n2)cc1. The smallest absolute Gasteiger partial charge is 0.164 e. The van der Waals surface area contributed by atoms with E-state index in [0.29, 0.717) is 17.5 Å². The van der Waals surface area contributed by atoms with Gasteiger partial charge in [0.05, 0.1) is 11.4 Å². The highest BCUT2D eigenvalue weighted by atomic mass is 15.0. The summed E-state index contributed by atoms with van der Waals surface area (Å²) in [5, 5.41) is 7.56. The minimum atomic E-state index is 0.585. The molecule has 0 unspecified atom stereocenters. The van der Waals surface area contributed by atoms with E-state index in [2.05, 4.69) is 249 Å². The molecular formula is C68H44N4. The second kappa shape index (κ2) is 18.4. The zero-order valence-electron chi connectivity index (χ0n) is 39.2. The van der Waals surface area contributed by atoms with E-state index >= 15 is 0 Å². The second-order valence-electron chi connectivity index (χ2n) is 18.1. The van der Waals surface area contributed by atoms with Gasteiger partial charge >= 0.3 is 0 Å². The summed E-state index contributed by atoms with van der Waals surface area (Å²) in [6, 6.07) is 94.1. The van der Waals surface area contributed by atoms with Gasteiger partial charge in [-0.05, 0) is 72.3 Å². The van der Waals surface area contributed by atoms with Crippen LogP contribution in [0.15, 0.2) is 267 Å². The maximum atomic E-state index is 5.65. The first-order valence-electron chi connectivity index (χ1n) is 24.4. The van der Waals surface area contributed by atoms with Crippen molar-refractivity contribution in [3.05, 3.63) is 267 Å². The Morgan fingerprint density at radius 1 is 0.167 bits per heavy atom. The highest BCUT2D eigenvalue weighted by molar-refractivity contribution is 6.25. The van der Waals surface area contributed by atoms with E-state index in [1.54, 1.807) is 0 Å². The van der Waals surface area contributed by atoms with E-state index in [0.717, 1.165) is 83.7 Å². The number of fused-ring (bicyclic) bond motifs is 6. The van der Waals surface area contributed by atoms with E-state index in [-0.39, 0.29) is 0 Å². The monoisotopic (exact) mass is 916 g/mol. The maximum absolute atomic E-state index is 5.65. The molecule has 0 fully saturated rings. The first-order chi connectivity index (χ1) is 35.7. The average Bonchev–Trinajstić information content (AvgIpc) is 3.47. The lowest BCUT2D eigenvalue weighted by Gasteiger charge is -2.23. The summed E-state index contributed by atoms with van der Waals surface area (Å²) < 4.78 is 0. The predicted molar refractivity (Wildman–Crippen MR) is 299 cm³/mol. The lowest BCUT2D eigenvalue weighted by Crippen LogP contribution is -2.02. The zero-order valence-corrected chi connectivity index (χ0v) is 39.2. The summed E-state index contributed by atoms with van der Waals surface area (Å²) in [6.45, 7) is 0. The molecule has 0 aliphatic carbocycles. The summed E-state index contributed by atoms with van der Waals surface area (Å²) >= 11 is 0. The molecule has 72 heavy (non-hydrogen) atoms. The molecule has 0 aliphatic rings. The van der Waals surface area contributed by atoms with Gasteiger partial charge in [0.25, 0.3) is 0 Å². The summed E-state index contributed by atoms with van der Waals surface area (Å²) in [6.07, 6.45) is 0. The van der Waals surface area contributed by atoms with Gasteiger partial charge in [-0.1, -0.05) is 255 Å². The highest BCUT2D eigenvalue weighted by Gasteiger charge is 2.26. The lowest BCUT2D eigenvalue weighted by molar-refractivity contribution is 1.07. The molecular weight excluding hydrogens is 873 g/mol. The highest BCUT2D eigenvalue weighted by Crippen LogP contribution is 2.49. The maximum Gasteiger partial charge on any atom is 0.164 e. The van der Waals surface area contributed by atoms with Crippen LogP contribution in [0, 0.1) is 0 Å². The van der Waals surface area contributed by atoms with Crippen molar-refractivity contribution < 1.29 is 0 Å². The van der Waals surface area contributed by atoms with Crippen molar-refractivity contribution in [1.82, 2.24) is 19.9 Å². The number of nitrogens with zero attached hydrogens (tertiary/aromatic N) is 4. The van der Waals surface area contributed by atoms with Crippen LogP contribution in [0.5, 0.6) is 0 Å². The third-order valence-electron chi connectivity index (χ3n) is 13.7. The van der Waals surface area contributed by atoms with Crippen LogP contribution in [-0.2, 0) is 0 Å². The van der Waals surface area contributed by atoms with E-state index in [9.17, 15) is 0 Å². The van der Waals surface area contributed by atoms with E-state index < -0.39 is 0 Å². The van der Waals surface area contributed by atoms with E-state index in [1.807, 2.05) is 18.2 Å². The molecule has 0 spiro atoms. The Balaban J connectivity index is 0.985. The van der Waals surface area contributed by atoms with Crippen molar-refractivity contribution in [3.63, 3.8) is 0 Å². The van der Waals surface area contributed by atoms with E-state index in [1.165, 1.54) is 32.3 Å². The number of hydrogen-bond donors (Lipinski definition) is 0. The zero-order chi connectivity index (χ0) is 47.8. The summed E-state index contributed by atoms with van der Waals surface area (Å²) in [4.78, 5) is 21.3. The van der Waals surface area contributed by atoms with Crippen LogP contribution in [0.3, 0.4) is 0 Å². The van der Waals surface area contributed by atoms with Gasteiger partial charge in [0, 0.05) is 44.5 Å². The van der Waals surface area contributed by atoms with Crippen LogP contribution < -0.4 is 0 Å². The van der Waals surface area contributed by atoms with Gasteiger partial charge in [0.2, 0.25) is 0 Å². The molecule has 0 atom stereocenters. The summed E-state index contributed by atoms with van der Waals surface area (Å²) in [5.74, 6) is 1.79. The third kappa shape index (κ3) is 7.78. The van der Waals surface area contributed by atoms with Gasteiger partial charge in [-0.25, -0.2) is 19.9 Å². The predicted octanol–water partition coefficient (Wildman–Crippen LogP) is 17.7. The van der Waals surface area contributed by atoms with Crippen molar-refractivity contribution in [2.75, 3.05) is 0 Å². The van der Waals surface area contributed by atoms with Crippen molar-refractivity contribution in [1.29, 1.82) is 0 Å². The van der Waals surface area contributed by atoms with Gasteiger partial charge in [-0.3, -0.25) is 0 Å². The van der Waals surface area contributed by atoms with Crippen LogP contribution >= 0.6 is 0 Å². The molecule has 0 aliphatic heterocycles. The van der Waals surface area contributed by atoms with Crippen molar-refractivity contribution in [2.45, 2.75) is 0 Å². The largest absolute Gasteiger partial charge is 0.246 e. The van der Waals surface area contributed by atoms with Gasteiger partial charge < -0.3 is 0 Å². The fourth-order valence-corrected chi connectivity index (χ4v) is 10.3. The van der Waals surface area contributed by atoms with Crippen LogP contribution in [-0.4, -0.2) is 19.9 Å². The minimum absolute atomic E-state index is 0.585. The average molecular weight is 917 g/mol. The quantitative estimate of drug-likeness (QED) is 0.135. The molecule has 11 aromatic carbocycles. The first kappa shape index (κ1) is 42.5. The number of hydrogen-bond acceptors (Lipinski definition) is 4. The van der Waals surface area contributed by atoms with Crippen molar-refractivity contribution in [3.8, 4) is 101 Å². The van der Waals surface area contributed by atoms with E-state index in [4.69, 9.17) is 19.9 Å². The molecule has 4 nitrogen and oxygen atoms in total. The van der Waals surface area contributed by atoms with Crippen LogP contribution in [0.1, 0.15) is 0 Å². The minimum Gasteiger partial charge on any atom is -0.246 e. The molecule has 0 saturated carbocycles. The Kier molecular flexibility index (Phi) is 10.8. The van der Waals surface area contributed by atoms with Crippen molar-refractivity contribution >= 4 is 32.3 Å². The molecule has 13 aromatic rings. The summed E-state index contributed by atoms with van der Waals surface area (Å²) in [7, 11) is 0. The second-order valence-corrected chi connectivity index (χ2v) is 18.1. The first-order valence-corrected chi connectivity index (χ1v) is 24.4. The number of aromatic nitrogens is 4. The Bertz CT molecular complexity index is 3970. The van der Waals surface area contributed by atoms with Crippen LogP contribution in [0.2, 0.25) is 0 Å². The molecule has 0 bridgehead atoms. The van der Waals surface area contributed by atoms with Gasteiger partial charge in [-0.2, -0.15) is 0 Å². The molecule has 13 rings (SSSR count). The normalized spacial score (nSPS) is 11.3. The fourth-order valence-electron chi connectivity index (χ4n) is 10.3. The standard InChI is InChI=1S/C68H44N4/c1-6-21-46(22-7-1)62-61(63(47-23-8-2-9-24-47)65(49-27-12-4-13-28-49)69-64(62)48-25-10-3-11-26-48)53-31-20-32-54(43-53)68-71-66(50-29-14-5-15-30-50)70-67(72-68)51-39-37-45(38-40-51)52-41-42-59-57-35-17-16-33-55(57)56-34-18-19-36-58(56)60(59)44-52/h1-44H. The number of rotatable bonds is 9. The number of benzene rings is 11. The Hall–Kier alpha value is -9.64. The lowest BCUT2D eigenvalue weighted by atomic mass is 9.83. The van der Waals surface area contributed by atoms with Crippen LogP contribution in [0.25, 0.3) is 134 Å². The van der Waals surface area contributed by atoms with Gasteiger partial charge in [0.1, 0.15) is 0 Å². The topological polar surface area (TPSA) is 51.6 Å². The molecule has 2 aromatic heterocycles. The fraction of sp³-hybridized carbons (Fsp3) is 0. The molecule has 0 N–H and O–H groups in total. The van der Waals surface area contributed by atoms with Crippen LogP contribution in [0.4, 0.5) is 0 Å². The summed E-state index contributed by atoms with van der Waals surface area (Å²) in [5.41, 5.74) is 15.2. The number of pyridine rings is 1. The Labute approximate surface area is 418 Å². The third-order valence-corrected chi connectivity index (χ3v) is 13.7.